The summed E-state index contributed by atoms with van der Waals surface area (Å²) >= 11 is 0. The van der Waals surface area contributed by atoms with E-state index < -0.39 is 0 Å². The van der Waals surface area contributed by atoms with E-state index in [-0.39, 0.29) is 23.8 Å². The van der Waals surface area contributed by atoms with E-state index in [4.69, 9.17) is 4.74 Å². The number of halogens is 1. The molecule has 1 aromatic carbocycles. The summed E-state index contributed by atoms with van der Waals surface area (Å²) in [6, 6.07) is 5.06. The van der Waals surface area contributed by atoms with E-state index in [1.807, 2.05) is 28.5 Å². The normalized spacial score (nSPS) is 17.2. The van der Waals surface area contributed by atoms with Gasteiger partial charge in [0.05, 0.1) is 5.52 Å². The molecule has 0 saturated carbocycles. The summed E-state index contributed by atoms with van der Waals surface area (Å²) in [5, 5.41) is 4.35. The van der Waals surface area contributed by atoms with E-state index in [9.17, 15) is 9.18 Å². The number of nitrogens with one attached hydrogen (secondary N) is 1. The summed E-state index contributed by atoms with van der Waals surface area (Å²) in [6.45, 7) is 9.23. The van der Waals surface area contributed by atoms with Gasteiger partial charge in [-0.05, 0) is 71.2 Å². The fourth-order valence-corrected chi connectivity index (χ4v) is 4.68. The highest BCUT2D eigenvalue weighted by Gasteiger charge is 2.32. The number of benzene rings is 1. The fraction of sp³-hybridized carbons (Fsp3) is 0.560. The Labute approximate surface area is 185 Å². The molecule has 1 aromatic heterocycles. The van der Waals surface area contributed by atoms with Gasteiger partial charge in [0.25, 0.3) is 5.91 Å². The van der Waals surface area contributed by atoms with E-state index in [1.54, 1.807) is 19.2 Å². The molecule has 2 heterocycles. The van der Waals surface area contributed by atoms with Gasteiger partial charge >= 0.3 is 0 Å². The Kier molecular flexibility index (Phi) is 8.27. The van der Waals surface area contributed by atoms with Crippen molar-refractivity contribution in [3.8, 4) is 0 Å². The number of allylic oxidation sites excluding steroid dienone is 1. The van der Waals surface area contributed by atoms with Crippen LogP contribution in [-0.4, -0.2) is 54.3 Å². The highest BCUT2D eigenvalue weighted by molar-refractivity contribution is 6.05. The molecule has 2 aromatic rings. The zero-order valence-corrected chi connectivity index (χ0v) is 19.3. The minimum Gasteiger partial charge on any atom is -0.385 e. The number of fused-ring (bicyclic) bond motifs is 1. The first-order valence-electron chi connectivity index (χ1n) is 11.5. The predicted molar refractivity (Wildman–Crippen MR) is 125 cm³/mol. The highest BCUT2D eigenvalue weighted by atomic mass is 19.1. The van der Waals surface area contributed by atoms with Crippen molar-refractivity contribution in [3.63, 3.8) is 0 Å². The number of rotatable bonds is 9. The molecule has 31 heavy (non-hydrogen) atoms. The molecule has 1 fully saturated rings. The van der Waals surface area contributed by atoms with Crippen LogP contribution in [0.15, 0.2) is 24.3 Å². The first-order chi connectivity index (χ1) is 15.0. The first-order valence-corrected chi connectivity index (χ1v) is 11.5. The molecule has 0 unspecified atom stereocenters. The first kappa shape index (κ1) is 23.5. The molecule has 0 bridgehead atoms. The highest BCUT2D eigenvalue weighted by Crippen LogP contribution is 2.31. The Morgan fingerprint density at radius 3 is 2.84 bits per heavy atom. The summed E-state index contributed by atoms with van der Waals surface area (Å²) in [5.74, 6) is -0.258. The van der Waals surface area contributed by atoms with Gasteiger partial charge in [-0.15, -0.1) is 0 Å². The molecule has 1 N–H and O–H groups in total. The summed E-state index contributed by atoms with van der Waals surface area (Å²) in [6.07, 6.45) is 7.74. The van der Waals surface area contributed by atoms with E-state index in [0.717, 1.165) is 55.2 Å². The van der Waals surface area contributed by atoms with Gasteiger partial charge in [-0.25, -0.2) is 4.39 Å². The van der Waals surface area contributed by atoms with Crippen molar-refractivity contribution in [3.05, 3.63) is 41.3 Å². The van der Waals surface area contributed by atoms with Crippen LogP contribution in [0.2, 0.25) is 0 Å². The topological polar surface area (TPSA) is 46.5 Å². The maximum atomic E-state index is 14.2. The Balaban J connectivity index is 2.12. The average molecular weight is 430 g/mol. The van der Waals surface area contributed by atoms with Gasteiger partial charge in [0, 0.05) is 49.8 Å². The van der Waals surface area contributed by atoms with Crippen LogP contribution < -0.4 is 5.32 Å². The van der Waals surface area contributed by atoms with Crippen LogP contribution in [-0.2, 0) is 11.3 Å². The summed E-state index contributed by atoms with van der Waals surface area (Å²) in [4.78, 5) is 16.1. The molecule has 170 valence electrons. The molecule has 1 saturated heterocycles. The van der Waals surface area contributed by atoms with Crippen LogP contribution in [0.25, 0.3) is 17.0 Å². The molecule has 0 radical (unpaired) electrons. The van der Waals surface area contributed by atoms with Gasteiger partial charge in [0.2, 0.25) is 0 Å². The molecule has 1 atom stereocenters. The van der Waals surface area contributed by atoms with Crippen molar-refractivity contribution in [1.82, 2.24) is 14.8 Å². The monoisotopic (exact) mass is 429 g/mol. The third-order valence-electron chi connectivity index (χ3n) is 6.04. The number of unbranched alkanes of at least 4 members (excludes halogenated alkanes) is 1. The zero-order valence-electron chi connectivity index (χ0n) is 19.3. The number of hydrogen-bond donors (Lipinski definition) is 1. The molecule has 0 aliphatic carbocycles. The Hall–Kier alpha value is -2.18. The molecular formula is C25H36FN3O2. The number of hydrogen-bond acceptors (Lipinski definition) is 3. The fourth-order valence-electron chi connectivity index (χ4n) is 4.68. The quantitative estimate of drug-likeness (QED) is 0.580. The Morgan fingerprint density at radius 1 is 1.39 bits per heavy atom. The van der Waals surface area contributed by atoms with Crippen molar-refractivity contribution in [2.24, 2.45) is 0 Å². The van der Waals surface area contributed by atoms with Crippen molar-refractivity contribution >= 4 is 22.9 Å². The summed E-state index contributed by atoms with van der Waals surface area (Å²) in [5.41, 5.74) is 2.32. The van der Waals surface area contributed by atoms with Crippen LogP contribution in [0, 0.1) is 5.82 Å². The van der Waals surface area contributed by atoms with E-state index >= 15 is 0 Å². The lowest BCUT2D eigenvalue weighted by atomic mass is 10.0. The number of carbonyl (C=O) groups excluding carboxylic acids is 1. The van der Waals surface area contributed by atoms with E-state index in [1.165, 1.54) is 6.07 Å². The van der Waals surface area contributed by atoms with Crippen molar-refractivity contribution in [2.75, 3.05) is 26.8 Å². The Bertz CT molecular complexity index is 913. The number of aromatic nitrogens is 1. The maximum absolute atomic E-state index is 14.2. The molecule has 6 heteroatoms. The second-order valence-corrected chi connectivity index (χ2v) is 8.58. The number of ether oxygens (including phenoxy) is 1. The van der Waals surface area contributed by atoms with Gasteiger partial charge in [-0.1, -0.05) is 12.2 Å². The lowest BCUT2D eigenvalue weighted by Crippen LogP contribution is -2.52. The average Bonchev–Trinajstić information content (AvgIpc) is 3.04. The number of aryl methyl sites for hydroxylation is 1. The van der Waals surface area contributed by atoms with Crippen molar-refractivity contribution < 1.29 is 13.9 Å². The third kappa shape index (κ3) is 5.18. The van der Waals surface area contributed by atoms with Crippen LogP contribution >= 0.6 is 0 Å². The number of methoxy groups -OCH3 is 1. The van der Waals surface area contributed by atoms with Gasteiger partial charge in [-0.2, -0.15) is 0 Å². The lowest BCUT2D eigenvalue weighted by Gasteiger charge is -2.38. The lowest BCUT2D eigenvalue weighted by molar-refractivity contribution is 0.0562. The van der Waals surface area contributed by atoms with E-state index in [2.05, 4.69) is 19.2 Å². The standard InChI is InChI=1S/C25H36FN3O2/c1-5-9-22-21-12-11-19(26)16-23(21)28(14-6-7-15-31-4)24(22)25(30)29(18(2)3)20-10-8-13-27-17-20/h5,9,11-12,16,18,20,27H,6-8,10,13-15,17H2,1-4H3/b9-5+/t20-/m1/s1. The molecule has 1 aliphatic heterocycles. The Morgan fingerprint density at radius 2 is 2.19 bits per heavy atom. The predicted octanol–water partition coefficient (Wildman–Crippen LogP) is 4.84. The van der Waals surface area contributed by atoms with Gasteiger partial charge < -0.3 is 19.5 Å². The smallest absolute Gasteiger partial charge is 0.271 e. The van der Waals surface area contributed by atoms with Gasteiger partial charge in [0.1, 0.15) is 11.5 Å². The van der Waals surface area contributed by atoms with Gasteiger partial charge in [-0.3, -0.25) is 4.79 Å². The van der Waals surface area contributed by atoms with Crippen LogP contribution in [0.5, 0.6) is 0 Å². The summed E-state index contributed by atoms with van der Waals surface area (Å²) < 4.78 is 21.4. The largest absolute Gasteiger partial charge is 0.385 e. The van der Waals surface area contributed by atoms with Crippen LogP contribution in [0.1, 0.15) is 62.5 Å². The summed E-state index contributed by atoms with van der Waals surface area (Å²) in [7, 11) is 1.69. The number of amides is 1. The molecule has 1 amide bonds. The molecule has 5 nitrogen and oxygen atoms in total. The minimum absolute atomic E-state index is 0.0279. The van der Waals surface area contributed by atoms with Crippen LogP contribution in [0.3, 0.4) is 0 Å². The second-order valence-electron chi connectivity index (χ2n) is 8.58. The molecule has 0 spiro atoms. The second kappa shape index (κ2) is 10.9. The number of piperidine rings is 1. The van der Waals surface area contributed by atoms with Gasteiger partial charge in [0.15, 0.2) is 0 Å². The minimum atomic E-state index is -0.286. The molecule has 1 aliphatic rings. The molecule has 3 rings (SSSR count). The zero-order chi connectivity index (χ0) is 22.4. The maximum Gasteiger partial charge on any atom is 0.271 e. The SMILES string of the molecule is C/C=C/c1c(C(=O)N(C(C)C)[C@@H]2CCCNC2)n(CCCCOC)c2cc(F)ccc12. The number of carbonyl (C=O) groups is 1. The van der Waals surface area contributed by atoms with Crippen LogP contribution in [0.4, 0.5) is 4.39 Å². The molecular weight excluding hydrogens is 393 g/mol. The number of nitrogens with zero attached hydrogens (tertiary/aromatic N) is 2. The van der Waals surface area contributed by atoms with Crippen molar-refractivity contribution in [1.29, 1.82) is 0 Å². The third-order valence-corrected chi connectivity index (χ3v) is 6.04. The van der Waals surface area contributed by atoms with Crippen molar-refractivity contribution in [2.45, 2.75) is 65.1 Å². The van der Waals surface area contributed by atoms with E-state index in [0.29, 0.717) is 18.8 Å².